The van der Waals surface area contributed by atoms with Gasteiger partial charge in [0, 0.05) is 17.5 Å². The van der Waals surface area contributed by atoms with Crippen LogP contribution in [0.25, 0.3) is 10.9 Å². The first-order chi connectivity index (χ1) is 9.82. The first-order valence-electron chi connectivity index (χ1n) is 5.84. The molecule has 0 saturated heterocycles. The molecule has 7 nitrogen and oxygen atoms in total. The number of fused-ring (bicyclic) bond motifs is 1. The minimum Gasteiger partial charge on any atom is -0.506 e. The number of rotatable bonds is 3. The molecule has 8 heteroatoms. The molecule has 1 amide bonds. The number of hydrogen-bond acceptors (Lipinski definition) is 4. The number of benzene rings is 1. The van der Waals surface area contributed by atoms with Crippen LogP contribution in [-0.2, 0) is 11.8 Å². The predicted molar refractivity (Wildman–Crippen MR) is 75.8 cm³/mol. The lowest BCUT2D eigenvalue weighted by atomic mass is 10.1. The molecule has 0 aliphatic carbocycles. The third-order valence-electron chi connectivity index (χ3n) is 2.96. The lowest BCUT2D eigenvalue weighted by Gasteiger charge is -2.11. The van der Waals surface area contributed by atoms with Crippen LogP contribution in [0.15, 0.2) is 23.0 Å². The second-order valence-electron chi connectivity index (χ2n) is 4.33. The van der Waals surface area contributed by atoms with Gasteiger partial charge in [-0.25, -0.2) is 0 Å². The Morgan fingerprint density at radius 2 is 2.05 bits per heavy atom. The Morgan fingerprint density at radius 1 is 1.38 bits per heavy atom. The number of aryl methyl sites for hydroxylation is 1. The van der Waals surface area contributed by atoms with E-state index in [1.54, 1.807) is 0 Å². The second kappa shape index (κ2) is 5.45. The Hall–Kier alpha value is -2.54. The van der Waals surface area contributed by atoms with Gasteiger partial charge in [0.1, 0.15) is 17.9 Å². The number of carboxylic acid groups (broad SMARTS) is 1. The van der Waals surface area contributed by atoms with Crippen LogP contribution in [0.1, 0.15) is 10.4 Å². The van der Waals surface area contributed by atoms with E-state index in [0.717, 1.165) is 4.57 Å². The van der Waals surface area contributed by atoms with Crippen LogP contribution in [0.2, 0.25) is 5.02 Å². The number of carbonyl (C=O) groups excluding carboxylic acids is 1. The van der Waals surface area contributed by atoms with Crippen LogP contribution in [0.3, 0.4) is 0 Å². The molecule has 0 spiro atoms. The highest BCUT2D eigenvalue weighted by Crippen LogP contribution is 2.27. The van der Waals surface area contributed by atoms with Crippen molar-refractivity contribution in [3.8, 4) is 5.75 Å². The summed E-state index contributed by atoms with van der Waals surface area (Å²) in [6.07, 6.45) is 0. The zero-order chi connectivity index (χ0) is 15.7. The van der Waals surface area contributed by atoms with Gasteiger partial charge in [-0.1, -0.05) is 11.6 Å². The van der Waals surface area contributed by atoms with Crippen LogP contribution in [0.5, 0.6) is 5.75 Å². The summed E-state index contributed by atoms with van der Waals surface area (Å²) in [7, 11) is 1.43. The van der Waals surface area contributed by atoms with Gasteiger partial charge in [0.15, 0.2) is 0 Å². The molecule has 0 radical (unpaired) electrons. The van der Waals surface area contributed by atoms with Gasteiger partial charge in [0.25, 0.3) is 11.5 Å². The molecule has 0 unspecified atom stereocenters. The van der Waals surface area contributed by atoms with Gasteiger partial charge in [-0.05, 0) is 18.2 Å². The molecule has 0 bridgehead atoms. The van der Waals surface area contributed by atoms with E-state index in [1.165, 1.54) is 25.2 Å². The highest BCUT2D eigenvalue weighted by atomic mass is 35.5. The van der Waals surface area contributed by atoms with E-state index in [0.29, 0.717) is 10.5 Å². The molecule has 3 N–H and O–H groups in total. The number of aromatic nitrogens is 1. The summed E-state index contributed by atoms with van der Waals surface area (Å²) in [4.78, 5) is 34.5. The first kappa shape index (κ1) is 14.9. The lowest BCUT2D eigenvalue weighted by molar-refractivity contribution is -0.135. The quantitative estimate of drug-likeness (QED) is 0.773. The van der Waals surface area contributed by atoms with E-state index in [-0.39, 0.29) is 5.39 Å². The van der Waals surface area contributed by atoms with Crippen LogP contribution in [0.4, 0.5) is 0 Å². The molecule has 1 aromatic carbocycles. The van der Waals surface area contributed by atoms with Crippen molar-refractivity contribution in [3.05, 3.63) is 39.1 Å². The predicted octanol–water partition coefficient (Wildman–Crippen LogP) is 0.712. The SMILES string of the molecule is Cn1c(=O)c(C(=O)NCC(=O)O)c(O)c2ccc(Cl)cc21. The fraction of sp³-hybridized carbons (Fsp3) is 0.154. The number of amides is 1. The van der Waals surface area contributed by atoms with Crippen molar-refractivity contribution in [2.24, 2.45) is 7.05 Å². The largest absolute Gasteiger partial charge is 0.506 e. The molecular weight excluding hydrogens is 300 g/mol. The normalized spacial score (nSPS) is 10.6. The molecule has 0 saturated carbocycles. The zero-order valence-electron chi connectivity index (χ0n) is 10.9. The fourth-order valence-electron chi connectivity index (χ4n) is 1.94. The maximum absolute atomic E-state index is 12.2. The summed E-state index contributed by atoms with van der Waals surface area (Å²) in [6, 6.07) is 4.46. The van der Waals surface area contributed by atoms with E-state index in [4.69, 9.17) is 16.7 Å². The number of nitrogens with one attached hydrogen (secondary N) is 1. The highest BCUT2D eigenvalue weighted by molar-refractivity contribution is 6.31. The Labute approximate surface area is 123 Å². The topological polar surface area (TPSA) is 109 Å². The van der Waals surface area contributed by atoms with E-state index >= 15 is 0 Å². The number of carboxylic acids is 1. The Morgan fingerprint density at radius 3 is 2.67 bits per heavy atom. The number of halogens is 1. The van der Waals surface area contributed by atoms with Gasteiger partial charge in [-0.15, -0.1) is 0 Å². The van der Waals surface area contributed by atoms with Crippen molar-refractivity contribution in [1.29, 1.82) is 0 Å². The number of aliphatic carboxylic acids is 1. The summed E-state index contributed by atoms with van der Waals surface area (Å²) in [5.74, 6) is -2.72. The van der Waals surface area contributed by atoms with Crippen molar-refractivity contribution >= 4 is 34.4 Å². The van der Waals surface area contributed by atoms with Crippen LogP contribution >= 0.6 is 11.6 Å². The van der Waals surface area contributed by atoms with Crippen molar-refractivity contribution in [3.63, 3.8) is 0 Å². The van der Waals surface area contributed by atoms with Gasteiger partial charge in [0.2, 0.25) is 0 Å². The molecule has 0 aliphatic heterocycles. The number of hydrogen-bond donors (Lipinski definition) is 3. The smallest absolute Gasteiger partial charge is 0.322 e. The molecular formula is C13H11ClN2O5. The minimum atomic E-state index is -1.26. The molecule has 1 heterocycles. The van der Waals surface area contributed by atoms with Crippen molar-refractivity contribution in [1.82, 2.24) is 9.88 Å². The summed E-state index contributed by atoms with van der Waals surface area (Å²) in [5, 5.41) is 21.3. The number of carbonyl (C=O) groups is 2. The second-order valence-corrected chi connectivity index (χ2v) is 4.76. The number of aromatic hydroxyl groups is 1. The zero-order valence-corrected chi connectivity index (χ0v) is 11.6. The van der Waals surface area contributed by atoms with Gasteiger partial charge in [-0.3, -0.25) is 14.4 Å². The van der Waals surface area contributed by atoms with E-state index in [2.05, 4.69) is 0 Å². The van der Waals surface area contributed by atoms with Gasteiger partial charge < -0.3 is 20.1 Å². The van der Waals surface area contributed by atoms with E-state index in [1.807, 2.05) is 5.32 Å². The molecule has 21 heavy (non-hydrogen) atoms. The van der Waals surface area contributed by atoms with Crippen LogP contribution in [-0.4, -0.2) is 33.2 Å². The lowest BCUT2D eigenvalue weighted by Crippen LogP contribution is -2.35. The van der Waals surface area contributed by atoms with Crippen molar-refractivity contribution in [2.75, 3.05) is 6.54 Å². The average Bonchev–Trinajstić information content (AvgIpc) is 2.42. The van der Waals surface area contributed by atoms with Crippen LogP contribution < -0.4 is 10.9 Å². The van der Waals surface area contributed by atoms with Crippen LogP contribution in [0, 0.1) is 0 Å². The van der Waals surface area contributed by atoms with Crippen molar-refractivity contribution in [2.45, 2.75) is 0 Å². The molecule has 1 aromatic heterocycles. The molecule has 0 atom stereocenters. The maximum atomic E-state index is 12.2. The number of pyridine rings is 1. The number of nitrogens with zero attached hydrogens (tertiary/aromatic N) is 1. The maximum Gasteiger partial charge on any atom is 0.322 e. The molecule has 2 aromatic rings. The first-order valence-corrected chi connectivity index (χ1v) is 6.22. The van der Waals surface area contributed by atoms with E-state index in [9.17, 15) is 19.5 Å². The van der Waals surface area contributed by atoms with Gasteiger partial charge >= 0.3 is 5.97 Å². The summed E-state index contributed by atoms with van der Waals surface area (Å²) in [5.41, 5.74) is -0.890. The molecule has 110 valence electrons. The highest BCUT2D eigenvalue weighted by Gasteiger charge is 2.21. The minimum absolute atomic E-state index is 0.266. The summed E-state index contributed by atoms with van der Waals surface area (Å²) >= 11 is 5.84. The molecule has 2 rings (SSSR count). The third-order valence-corrected chi connectivity index (χ3v) is 3.19. The fourth-order valence-corrected chi connectivity index (χ4v) is 2.11. The average molecular weight is 311 g/mol. The summed E-state index contributed by atoms with van der Waals surface area (Å²) in [6.45, 7) is -0.653. The van der Waals surface area contributed by atoms with Gasteiger partial charge in [0.05, 0.1) is 5.52 Å². The summed E-state index contributed by atoms with van der Waals surface area (Å²) < 4.78 is 1.16. The monoisotopic (exact) mass is 310 g/mol. The third kappa shape index (κ3) is 2.68. The molecule has 0 fully saturated rings. The Balaban J connectivity index is 2.65. The Kier molecular flexibility index (Phi) is 3.86. The standard InChI is InChI=1S/C13H11ClN2O5/c1-16-8-4-6(14)2-3-7(8)11(19)10(13(16)21)12(20)15-5-9(17)18/h2-4,19H,5H2,1H3,(H,15,20)(H,17,18). The van der Waals surface area contributed by atoms with Gasteiger partial charge in [-0.2, -0.15) is 0 Å². The molecule has 0 aliphatic rings. The van der Waals surface area contributed by atoms with E-state index < -0.39 is 35.3 Å². The Bertz CT molecular complexity index is 812. The van der Waals surface area contributed by atoms with Crippen molar-refractivity contribution < 1.29 is 19.8 Å².